The highest BCUT2D eigenvalue weighted by atomic mass is 16.5. The van der Waals surface area contributed by atoms with Crippen LogP contribution >= 0.6 is 0 Å². The summed E-state index contributed by atoms with van der Waals surface area (Å²) in [4.78, 5) is 16.3. The van der Waals surface area contributed by atoms with Crippen LogP contribution in [0.4, 0.5) is 0 Å². The van der Waals surface area contributed by atoms with Crippen LogP contribution in [-0.2, 0) is 21.5 Å². The lowest BCUT2D eigenvalue weighted by Crippen LogP contribution is -2.40. The number of rotatable bonds is 6. The van der Waals surface area contributed by atoms with Gasteiger partial charge in [-0.15, -0.1) is 0 Å². The molecule has 0 N–H and O–H groups in total. The first kappa shape index (κ1) is 21.0. The molecule has 2 fully saturated rings. The van der Waals surface area contributed by atoms with Gasteiger partial charge in [0.05, 0.1) is 0 Å². The van der Waals surface area contributed by atoms with Gasteiger partial charge in [0.1, 0.15) is 11.5 Å². The molecule has 1 aliphatic carbocycles. The van der Waals surface area contributed by atoms with E-state index in [-0.39, 0.29) is 12.1 Å². The molecule has 0 spiro atoms. The fraction of sp³-hybridized carbons (Fsp3) is 0.345. The second-order valence-electron chi connectivity index (χ2n) is 9.53. The third kappa shape index (κ3) is 4.10. The van der Waals surface area contributed by atoms with Crippen molar-refractivity contribution in [3.63, 3.8) is 0 Å². The van der Waals surface area contributed by atoms with E-state index in [1.54, 1.807) is 0 Å². The summed E-state index contributed by atoms with van der Waals surface area (Å²) in [5.41, 5.74) is 2.48. The molecule has 2 aliphatic rings. The van der Waals surface area contributed by atoms with Gasteiger partial charge in [-0.2, -0.15) is 0 Å². The van der Waals surface area contributed by atoms with Crippen LogP contribution in [0.1, 0.15) is 42.9 Å². The quantitative estimate of drug-likeness (QED) is 0.482. The fourth-order valence-electron chi connectivity index (χ4n) is 5.60. The highest BCUT2D eigenvalue weighted by Crippen LogP contribution is 2.40. The molecule has 0 radical (unpaired) electrons. The number of ether oxygens (including phenoxy) is 1. The van der Waals surface area contributed by atoms with E-state index in [2.05, 4.69) is 35.2 Å². The largest absolute Gasteiger partial charge is 0.461 e. The summed E-state index contributed by atoms with van der Waals surface area (Å²) < 4.78 is 6.28. The smallest absolute Gasteiger partial charge is 0.321 e. The van der Waals surface area contributed by atoms with Crippen molar-refractivity contribution in [2.75, 3.05) is 6.54 Å². The Balaban J connectivity index is 1.33. The lowest BCUT2D eigenvalue weighted by Gasteiger charge is -2.34. The molecule has 1 saturated heterocycles. The Morgan fingerprint density at radius 1 is 0.844 bits per heavy atom. The fourth-order valence-corrected chi connectivity index (χ4v) is 5.60. The Morgan fingerprint density at radius 2 is 1.41 bits per heavy atom. The highest BCUT2D eigenvalue weighted by Gasteiger charge is 2.44. The second-order valence-corrected chi connectivity index (χ2v) is 9.53. The zero-order valence-electron chi connectivity index (χ0n) is 18.7. The molecule has 3 heteroatoms. The Morgan fingerprint density at radius 3 is 2.00 bits per heavy atom. The molecule has 0 aromatic heterocycles. The van der Waals surface area contributed by atoms with Crippen LogP contribution in [0.15, 0.2) is 91.0 Å². The van der Waals surface area contributed by atoms with Gasteiger partial charge < -0.3 is 4.74 Å². The number of likely N-dealkylation sites (tertiary alicyclic amines) is 1. The first-order chi connectivity index (χ1) is 15.6. The van der Waals surface area contributed by atoms with Crippen molar-refractivity contribution >= 4 is 5.97 Å². The molecule has 5 rings (SSSR count). The van der Waals surface area contributed by atoms with Crippen LogP contribution in [0.25, 0.3) is 0 Å². The van der Waals surface area contributed by atoms with E-state index in [1.165, 1.54) is 12.0 Å². The predicted molar refractivity (Wildman–Crippen MR) is 127 cm³/mol. The number of esters is 1. The van der Waals surface area contributed by atoms with Crippen LogP contribution in [0.5, 0.6) is 0 Å². The van der Waals surface area contributed by atoms with E-state index in [0.717, 1.165) is 37.1 Å². The van der Waals surface area contributed by atoms with Gasteiger partial charge in [0.15, 0.2) is 0 Å². The molecular weight excluding hydrogens is 394 g/mol. The average Bonchev–Trinajstić information content (AvgIpc) is 3.12. The number of carbonyl (C=O) groups excluding carboxylic acids is 1. The van der Waals surface area contributed by atoms with E-state index >= 15 is 0 Å². The van der Waals surface area contributed by atoms with Crippen LogP contribution in [0.3, 0.4) is 0 Å². The summed E-state index contributed by atoms with van der Waals surface area (Å²) in [5.74, 6) is 0.464. The SMILES string of the molecule is CC(C(=O)O[C@H]1CC2CC(C1)N(Cc1ccccc1)C2)(c1ccccc1)c1ccccc1. The third-order valence-corrected chi connectivity index (χ3v) is 7.36. The molecule has 2 bridgehead atoms. The van der Waals surface area contributed by atoms with Crippen molar-refractivity contribution in [1.82, 2.24) is 4.90 Å². The average molecular weight is 426 g/mol. The highest BCUT2D eigenvalue weighted by molar-refractivity contribution is 5.87. The number of nitrogens with zero attached hydrogens (tertiary/aromatic N) is 1. The topological polar surface area (TPSA) is 29.5 Å². The van der Waals surface area contributed by atoms with Crippen molar-refractivity contribution in [2.24, 2.45) is 5.92 Å². The Labute approximate surface area is 191 Å². The Hall–Kier alpha value is -2.91. The standard InChI is InChI=1S/C29H31NO2/c1-29(24-13-7-3-8-14-24,25-15-9-4-10-16-25)28(31)32-27-18-23-17-26(19-27)30(21-23)20-22-11-5-2-6-12-22/h2-16,23,26-27H,17-21H2,1H3/t23?,26?,27-/m0/s1. The van der Waals surface area contributed by atoms with Crippen molar-refractivity contribution in [3.8, 4) is 0 Å². The molecule has 1 heterocycles. The first-order valence-electron chi connectivity index (χ1n) is 11.7. The molecule has 32 heavy (non-hydrogen) atoms. The molecular formula is C29H31NO2. The van der Waals surface area contributed by atoms with E-state index < -0.39 is 5.41 Å². The number of hydrogen-bond donors (Lipinski definition) is 0. The van der Waals surface area contributed by atoms with Gasteiger partial charge in [0, 0.05) is 19.1 Å². The summed E-state index contributed by atoms with van der Waals surface area (Å²) in [6, 6.07) is 31.2. The maximum absolute atomic E-state index is 13.7. The number of fused-ring (bicyclic) bond motifs is 2. The molecule has 3 aromatic carbocycles. The molecule has 1 aliphatic heterocycles. The maximum atomic E-state index is 13.7. The lowest BCUT2D eigenvalue weighted by molar-refractivity contribution is -0.156. The lowest BCUT2D eigenvalue weighted by atomic mass is 9.76. The Kier molecular flexibility index (Phi) is 5.84. The van der Waals surface area contributed by atoms with Crippen molar-refractivity contribution in [1.29, 1.82) is 0 Å². The summed E-state index contributed by atoms with van der Waals surface area (Å²) in [5, 5.41) is 0. The minimum atomic E-state index is -0.817. The van der Waals surface area contributed by atoms with E-state index in [0.29, 0.717) is 12.0 Å². The molecule has 2 unspecified atom stereocenters. The number of benzene rings is 3. The summed E-state index contributed by atoms with van der Waals surface area (Å²) in [6.07, 6.45) is 3.09. The second kappa shape index (κ2) is 8.91. The van der Waals surface area contributed by atoms with Crippen molar-refractivity contribution < 1.29 is 9.53 Å². The normalized spacial score (nSPS) is 23.1. The molecule has 3 aromatic rings. The minimum absolute atomic E-state index is 0.0150. The van der Waals surface area contributed by atoms with Gasteiger partial charge in [0.2, 0.25) is 0 Å². The first-order valence-corrected chi connectivity index (χ1v) is 11.7. The molecule has 3 atom stereocenters. The molecule has 0 amide bonds. The van der Waals surface area contributed by atoms with E-state index in [1.807, 2.05) is 67.6 Å². The summed E-state index contributed by atoms with van der Waals surface area (Å²) in [7, 11) is 0. The van der Waals surface area contributed by atoms with E-state index in [9.17, 15) is 4.79 Å². The van der Waals surface area contributed by atoms with Gasteiger partial charge in [-0.3, -0.25) is 9.69 Å². The van der Waals surface area contributed by atoms with Gasteiger partial charge >= 0.3 is 5.97 Å². The van der Waals surface area contributed by atoms with Gasteiger partial charge in [0.25, 0.3) is 0 Å². The third-order valence-electron chi connectivity index (χ3n) is 7.36. The van der Waals surface area contributed by atoms with Crippen LogP contribution in [-0.4, -0.2) is 29.6 Å². The van der Waals surface area contributed by atoms with E-state index in [4.69, 9.17) is 4.74 Å². The summed E-state index contributed by atoms with van der Waals surface area (Å²) >= 11 is 0. The molecule has 1 saturated carbocycles. The number of hydrogen-bond acceptors (Lipinski definition) is 3. The predicted octanol–water partition coefficient (Wildman–Crippen LogP) is 5.59. The molecule has 3 nitrogen and oxygen atoms in total. The minimum Gasteiger partial charge on any atom is -0.461 e. The van der Waals surface area contributed by atoms with Crippen molar-refractivity contribution in [2.45, 2.75) is 50.3 Å². The van der Waals surface area contributed by atoms with Gasteiger partial charge in [-0.05, 0) is 48.8 Å². The van der Waals surface area contributed by atoms with Crippen LogP contribution < -0.4 is 0 Å². The summed E-state index contributed by atoms with van der Waals surface area (Å²) in [6.45, 7) is 4.08. The molecule has 164 valence electrons. The zero-order valence-corrected chi connectivity index (χ0v) is 18.7. The monoisotopic (exact) mass is 425 g/mol. The van der Waals surface area contributed by atoms with Gasteiger partial charge in [-0.1, -0.05) is 91.0 Å². The van der Waals surface area contributed by atoms with Crippen LogP contribution in [0, 0.1) is 5.92 Å². The van der Waals surface area contributed by atoms with Crippen LogP contribution in [0.2, 0.25) is 0 Å². The maximum Gasteiger partial charge on any atom is 0.321 e. The number of carbonyl (C=O) groups is 1. The van der Waals surface area contributed by atoms with Gasteiger partial charge in [-0.25, -0.2) is 0 Å². The Bertz CT molecular complexity index is 995. The van der Waals surface area contributed by atoms with Crippen molar-refractivity contribution in [3.05, 3.63) is 108 Å². The zero-order chi connectivity index (χ0) is 22.0.